The van der Waals surface area contributed by atoms with Crippen LogP contribution in [0.5, 0.6) is 5.75 Å². The summed E-state index contributed by atoms with van der Waals surface area (Å²) in [6.45, 7) is 2.08. The molecule has 6 heteroatoms. The van der Waals surface area contributed by atoms with Gasteiger partial charge in [0.15, 0.2) is 0 Å². The molecule has 0 fully saturated rings. The van der Waals surface area contributed by atoms with Crippen LogP contribution in [0.4, 0.5) is 0 Å². The van der Waals surface area contributed by atoms with Crippen LogP contribution >= 0.6 is 7.82 Å². The molecule has 0 saturated carbocycles. The molecule has 0 heterocycles. The first-order valence-corrected chi connectivity index (χ1v) is 11.4. The standard InChI is InChI=1S/C21H31O5P/c1-2-3-4-5-6-7-8-14-19(17-25-27(22,23)24)26-21-16-11-13-18-12-9-10-15-20(18)21/h9-13,15-16,19H,2-8,14,17H2,1H3,(H2,22,23,24). The number of hydrogen-bond acceptors (Lipinski definition) is 3. The minimum absolute atomic E-state index is 0.122. The van der Waals surface area contributed by atoms with E-state index in [1.165, 1.54) is 32.1 Å². The van der Waals surface area contributed by atoms with E-state index in [0.717, 1.165) is 29.4 Å². The maximum absolute atomic E-state index is 11.1. The average Bonchev–Trinajstić information content (AvgIpc) is 2.64. The number of unbranched alkanes of at least 4 members (excludes halogenated alkanes) is 6. The fraction of sp³-hybridized carbons (Fsp3) is 0.524. The van der Waals surface area contributed by atoms with Gasteiger partial charge in [0.1, 0.15) is 11.9 Å². The van der Waals surface area contributed by atoms with Gasteiger partial charge in [0.25, 0.3) is 0 Å². The van der Waals surface area contributed by atoms with Crippen molar-refractivity contribution in [1.82, 2.24) is 0 Å². The van der Waals surface area contributed by atoms with Gasteiger partial charge in [-0.25, -0.2) is 4.57 Å². The van der Waals surface area contributed by atoms with Gasteiger partial charge in [0, 0.05) is 5.39 Å². The lowest BCUT2D eigenvalue weighted by atomic mass is 10.1. The Kier molecular flexibility index (Phi) is 9.29. The number of ether oxygens (including phenoxy) is 1. The highest BCUT2D eigenvalue weighted by molar-refractivity contribution is 7.46. The highest BCUT2D eigenvalue weighted by atomic mass is 31.2. The molecule has 1 atom stereocenters. The molecule has 2 rings (SSSR count). The summed E-state index contributed by atoms with van der Waals surface area (Å²) in [6.07, 6.45) is 8.57. The first-order chi connectivity index (χ1) is 13.0. The van der Waals surface area contributed by atoms with Crippen molar-refractivity contribution in [2.45, 2.75) is 64.4 Å². The van der Waals surface area contributed by atoms with E-state index in [0.29, 0.717) is 6.42 Å². The maximum Gasteiger partial charge on any atom is 0.469 e. The van der Waals surface area contributed by atoms with Gasteiger partial charge in [0.2, 0.25) is 0 Å². The smallest absolute Gasteiger partial charge is 0.469 e. The van der Waals surface area contributed by atoms with Crippen molar-refractivity contribution in [2.75, 3.05) is 6.61 Å². The van der Waals surface area contributed by atoms with Gasteiger partial charge in [0.05, 0.1) is 6.61 Å². The Morgan fingerprint density at radius 2 is 1.59 bits per heavy atom. The lowest BCUT2D eigenvalue weighted by molar-refractivity contribution is 0.0952. The van der Waals surface area contributed by atoms with Crippen molar-refractivity contribution in [2.24, 2.45) is 0 Å². The van der Waals surface area contributed by atoms with Crippen molar-refractivity contribution in [3.05, 3.63) is 42.5 Å². The molecule has 0 saturated heterocycles. The fourth-order valence-electron chi connectivity index (χ4n) is 3.16. The summed E-state index contributed by atoms with van der Waals surface area (Å²) in [5.41, 5.74) is 0. The van der Waals surface area contributed by atoms with Crippen molar-refractivity contribution in [1.29, 1.82) is 0 Å². The number of rotatable bonds is 13. The Balaban J connectivity index is 1.94. The molecule has 0 aliphatic carbocycles. The molecule has 150 valence electrons. The molecule has 1 unspecified atom stereocenters. The molecular weight excluding hydrogens is 363 g/mol. The first-order valence-electron chi connectivity index (χ1n) is 9.84. The highest BCUT2D eigenvalue weighted by Crippen LogP contribution is 2.36. The second-order valence-electron chi connectivity index (χ2n) is 6.91. The summed E-state index contributed by atoms with van der Waals surface area (Å²) in [5, 5.41) is 2.06. The molecule has 0 radical (unpaired) electrons. The first kappa shape index (κ1) is 21.9. The van der Waals surface area contributed by atoms with Gasteiger partial charge >= 0.3 is 7.82 Å². The van der Waals surface area contributed by atoms with E-state index in [-0.39, 0.29) is 12.7 Å². The molecule has 2 N–H and O–H groups in total. The molecule has 0 aliphatic heterocycles. The minimum atomic E-state index is -4.51. The van der Waals surface area contributed by atoms with Crippen molar-refractivity contribution in [3.63, 3.8) is 0 Å². The van der Waals surface area contributed by atoms with Gasteiger partial charge in [-0.2, -0.15) is 0 Å². The van der Waals surface area contributed by atoms with E-state index in [1.807, 2.05) is 42.5 Å². The van der Waals surface area contributed by atoms with Crippen molar-refractivity contribution in [3.8, 4) is 5.75 Å². The number of fused-ring (bicyclic) bond motifs is 1. The summed E-state index contributed by atoms with van der Waals surface area (Å²) < 4.78 is 21.9. The molecule has 0 aromatic heterocycles. The van der Waals surface area contributed by atoms with Gasteiger partial charge in [-0.3, -0.25) is 4.52 Å². The molecule has 0 aliphatic rings. The predicted octanol–water partition coefficient (Wildman–Crippen LogP) is 5.84. The van der Waals surface area contributed by atoms with E-state index in [2.05, 4.69) is 6.92 Å². The molecule has 27 heavy (non-hydrogen) atoms. The van der Waals surface area contributed by atoms with Crippen LogP contribution in [-0.4, -0.2) is 22.5 Å². The van der Waals surface area contributed by atoms with Crippen LogP contribution in [0.3, 0.4) is 0 Å². The van der Waals surface area contributed by atoms with Crippen LogP contribution in [0.1, 0.15) is 58.3 Å². The van der Waals surface area contributed by atoms with Crippen molar-refractivity contribution >= 4 is 18.6 Å². The molecule has 0 spiro atoms. The highest BCUT2D eigenvalue weighted by Gasteiger charge is 2.20. The molecule has 5 nitrogen and oxygen atoms in total. The Morgan fingerprint density at radius 1 is 0.926 bits per heavy atom. The predicted molar refractivity (Wildman–Crippen MR) is 109 cm³/mol. The normalized spacial score (nSPS) is 13.0. The average molecular weight is 394 g/mol. The minimum Gasteiger partial charge on any atom is -0.487 e. The van der Waals surface area contributed by atoms with E-state index >= 15 is 0 Å². The Labute approximate surface area is 161 Å². The maximum atomic E-state index is 11.1. The molecule has 0 amide bonds. The molecule has 2 aromatic rings. The topological polar surface area (TPSA) is 76.0 Å². The number of phosphoric ester groups is 1. The van der Waals surface area contributed by atoms with Gasteiger partial charge in [-0.1, -0.05) is 81.8 Å². The van der Waals surface area contributed by atoms with Gasteiger partial charge in [-0.15, -0.1) is 0 Å². The van der Waals surface area contributed by atoms with Crippen LogP contribution in [0.2, 0.25) is 0 Å². The summed E-state index contributed by atoms with van der Waals surface area (Å²) in [5.74, 6) is 0.718. The Morgan fingerprint density at radius 3 is 2.33 bits per heavy atom. The summed E-state index contributed by atoms with van der Waals surface area (Å²) in [7, 11) is -4.51. The van der Waals surface area contributed by atoms with Crippen LogP contribution in [0, 0.1) is 0 Å². The zero-order chi connectivity index (χ0) is 19.5. The monoisotopic (exact) mass is 394 g/mol. The van der Waals surface area contributed by atoms with E-state index in [1.54, 1.807) is 0 Å². The van der Waals surface area contributed by atoms with Crippen LogP contribution in [0.15, 0.2) is 42.5 Å². The third kappa shape index (κ3) is 8.44. The zero-order valence-corrected chi connectivity index (χ0v) is 16.9. The largest absolute Gasteiger partial charge is 0.487 e. The van der Waals surface area contributed by atoms with E-state index in [4.69, 9.17) is 19.0 Å². The molecule has 0 bridgehead atoms. The van der Waals surface area contributed by atoms with E-state index in [9.17, 15) is 4.57 Å². The lowest BCUT2D eigenvalue weighted by Gasteiger charge is -2.20. The Hall–Kier alpha value is -1.39. The third-order valence-corrected chi connectivity index (χ3v) is 5.09. The SMILES string of the molecule is CCCCCCCCCC(COP(=O)(O)O)Oc1cccc2ccccc12. The third-order valence-electron chi connectivity index (χ3n) is 4.60. The number of hydrogen-bond donors (Lipinski definition) is 2. The number of benzene rings is 2. The van der Waals surface area contributed by atoms with Gasteiger partial charge < -0.3 is 14.5 Å². The fourth-order valence-corrected chi connectivity index (χ4v) is 3.52. The molecule has 2 aromatic carbocycles. The van der Waals surface area contributed by atoms with Crippen LogP contribution in [0.25, 0.3) is 10.8 Å². The quantitative estimate of drug-likeness (QED) is 0.330. The molecular formula is C21H31O5P. The zero-order valence-electron chi connectivity index (χ0n) is 16.0. The Bertz CT molecular complexity index is 722. The second-order valence-corrected chi connectivity index (χ2v) is 8.15. The second kappa shape index (κ2) is 11.5. The van der Waals surface area contributed by atoms with Gasteiger partial charge in [-0.05, 0) is 24.3 Å². The van der Waals surface area contributed by atoms with Crippen LogP contribution < -0.4 is 4.74 Å². The summed E-state index contributed by atoms with van der Waals surface area (Å²) in [6, 6.07) is 13.7. The van der Waals surface area contributed by atoms with E-state index < -0.39 is 7.82 Å². The number of phosphoric acid groups is 1. The lowest BCUT2D eigenvalue weighted by Crippen LogP contribution is -2.22. The van der Waals surface area contributed by atoms with Crippen molar-refractivity contribution < 1.29 is 23.6 Å². The summed E-state index contributed by atoms with van der Waals surface area (Å²) in [4.78, 5) is 18.1. The van der Waals surface area contributed by atoms with Crippen LogP contribution in [-0.2, 0) is 9.09 Å². The summed E-state index contributed by atoms with van der Waals surface area (Å²) >= 11 is 0.